The fourth-order valence-corrected chi connectivity index (χ4v) is 2.31. The van der Waals surface area contributed by atoms with Crippen LogP contribution in [0.25, 0.3) is 0 Å². The first kappa shape index (κ1) is 15.4. The van der Waals surface area contributed by atoms with E-state index in [1.165, 1.54) is 12.1 Å². The maximum Gasteiger partial charge on any atom is 0.193 e. The van der Waals surface area contributed by atoms with E-state index < -0.39 is 0 Å². The van der Waals surface area contributed by atoms with Crippen LogP contribution >= 0.6 is 0 Å². The van der Waals surface area contributed by atoms with Crippen LogP contribution in [0.2, 0.25) is 0 Å². The lowest BCUT2D eigenvalue weighted by molar-refractivity contribution is 0.103. The molecule has 3 aromatic carbocycles. The van der Waals surface area contributed by atoms with Gasteiger partial charge in [-0.3, -0.25) is 4.79 Å². The molecule has 0 aliphatic carbocycles. The van der Waals surface area contributed by atoms with Gasteiger partial charge >= 0.3 is 0 Å². The summed E-state index contributed by atoms with van der Waals surface area (Å²) < 4.78 is 0. The number of nitrogen functional groups attached to an aromatic ring is 1. The van der Waals surface area contributed by atoms with Crippen molar-refractivity contribution in [1.82, 2.24) is 0 Å². The minimum absolute atomic E-state index is 0.0460. The molecular weight excluding hydrogens is 304 g/mol. The second-order valence-electron chi connectivity index (χ2n) is 5.33. The maximum absolute atomic E-state index is 12.4. The molecule has 5 heteroatoms. The van der Waals surface area contributed by atoms with Crippen LogP contribution < -0.4 is 11.1 Å². The van der Waals surface area contributed by atoms with Crippen LogP contribution in [0.1, 0.15) is 15.9 Å². The predicted octanol–water partition coefficient (Wildman–Crippen LogP) is 3.65. The summed E-state index contributed by atoms with van der Waals surface area (Å²) in [7, 11) is 0. The number of phenolic OH excluding ortho intramolecular Hbond substituents is 2. The topological polar surface area (TPSA) is 95.6 Å². The summed E-state index contributed by atoms with van der Waals surface area (Å²) in [5, 5.41) is 22.8. The van der Waals surface area contributed by atoms with Crippen LogP contribution in [0.5, 0.6) is 11.5 Å². The molecule has 0 saturated heterocycles. The van der Waals surface area contributed by atoms with Crippen molar-refractivity contribution in [2.45, 2.75) is 0 Å². The second-order valence-corrected chi connectivity index (χ2v) is 5.33. The molecule has 0 heterocycles. The summed E-state index contributed by atoms with van der Waals surface area (Å²) in [6.45, 7) is 0. The zero-order valence-electron chi connectivity index (χ0n) is 12.7. The van der Waals surface area contributed by atoms with Crippen molar-refractivity contribution < 1.29 is 15.0 Å². The van der Waals surface area contributed by atoms with Crippen molar-refractivity contribution in [3.05, 3.63) is 77.9 Å². The van der Waals surface area contributed by atoms with Crippen LogP contribution in [0.15, 0.2) is 66.7 Å². The quantitative estimate of drug-likeness (QED) is 0.334. The number of hydrogen-bond donors (Lipinski definition) is 4. The van der Waals surface area contributed by atoms with E-state index in [2.05, 4.69) is 5.32 Å². The van der Waals surface area contributed by atoms with E-state index in [9.17, 15) is 15.0 Å². The largest absolute Gasteiger partial charge is 0.506 e. The number of aromatic hydroxyl groups is 2. The van der Waals surface area contributed by atoms with Gasteiger partial charge in [0, 0.05) is 22.9 Å². The van der Waals surface area contributed by atoms with E-state index in [1.807, 2.05) is 6.07 Å². The molecule has 0 aromatic heterocycles. The lowest BCUT2D eigenvalue weighted by Crippen LogP contribution is -2.01. The van der Waals surface area contributed by atoms with E-state index in [4.69, 9.17) is 5.73 Å². The van der Waals surface area contributed by atoms with Crippen molar-refractivity contribution in [3.63, 3.8) is 0 Å². The molecule has 0 aliphatic heterocycles. The Kier molecular flexibility index (Phi) is 4.07. The lowest BCUT2D eigenvalue weighted by Gasteiger charge is -2.11. The third-order valence-corrected chi connectivity index (χ3v) is 3.61. The Hall–Kier alpha value is -3.47. The highest BCUT2D eigenvalue weighted by atomic mass is 16.3. The van der Waals surface area contributed by atoms with Gasteiger partial charge in [-0.05, 0) is 30.3 Å². The Morgan fingerprint density at radius 2 is 1.58 bits per heavy atom. The fraction of sp³-hybridized carbons (Fsp3) is 0. The van der Waals surface area contributed by atoms with Crippen molar-refractivity contribution in [3.8, 4) is 11.5 Å². The Labute approximate surface area is 139 Å². The monoisotopic (exact) mass is 320 g/mol. The number of ketones is 1. The Morgan fingerprint density at radius 1 is 0.833 bits per heavy atom. The van der Waals surface area contributed by atoms with Crippen LogP contribution in [0.4, 0.5) is 17.1 Å². The van der Waals surface area contributed by atoms with Gasteiger partial charge in [0.05, 0.1) is 11.4 Å². The number of hydrogen-bond acceptors (Lipinski definition) is 5. The zero-order valence-corrected chi connectivity index (χ0v) is 12.7. The third kappa shape index (κ3) is 3.15. The van der Waals surface area contributed by atoms with Gasteiger partial charge in [-0.25, -0.2) is 0 Å². The summed E-state index contributed by atoms with van der Waals surface area (Å²) >= 11 is 0. The third-order valence-electron chi connectivity index (χ3n) is 3.61. The molecule has 0 saturated carbocycles. The lowest BCUT2D eigenvalue weighted by atomic mass is 10.0. The average Bonchev–Trinajstić information content (AvgIpc) is 2.60. The number of benzene rings is 3. The van der Waals surface area contributed by atoms with Gasteiger partial charge < -0.3 is 21.3 Å². The van der Waals surface area contributed by atoms with E-state index in [1.54, 1.807) is 48.5 Å². The van der Waals surface area contributed by atoms with Gasteiger partial charge in [-0.1, -0.05) is 30.3 Å². The minimum Gasteiger partial charge on any atom is -0.506 e. The summed E-state index contributed by atoms with van der Waals surface area (Å²) in [5.74, 6) is -0.272. The molecule has 24 heavy (non-hydrogen) atoms. The highest BCUT2D eigenvalue weighted by molar-refractivity contribution is 6.09. The first-order chi connectivity index (χ1) is 11.5. The highest BCUT2D eigenvalue weighted by Crippen LogP contribution is 2.31. The number of phenols is 2. The fourth-order valence-electron chi connectivity index (χ4n) is 2.31. The summed E-state index contributed by atoms with van der Waals surface area (Å²) in [6, 6.07) is 18.2. The Morgan fingerprint density at radius 3 is 2.25 bits per heavy atom. The number of carbonyl (C=O) groups is 1. The first-order valence-corrected chi connectivity index (χ1v) is 7.33. The normalized spacial score (nSPS) is 10.3. The molecule has 0 aliphatic rings. The predicted molar refractivity (Wildman–Crippen MR) is 93.8 cm³/mol. The molecule has 0 bridgehead atoms. The smallest absolute Gasteiger partial charge is 0.193 e. The molecule has 3 rings (SSSR count). The van der Waals surface area contributed by atoms with Crippen LogP contribution in [0, 0.1) is 0 Å². The van der Waals surface area contributed by atoms with E-state index in [-0.39, 0.29) is 23.0 Å². The molecule has 120 valence electrons. The zero-order chi connectivity index (χ0) is 17.1. The number of nitrogens with one attached hydrogen (secondary N) is 1. The molecule has 0 atom stereocenters. The summed E-state index contributed by atoms with van der Waals surface area (Å²) in [6.07, 6.45) is 0. The molecule has 3 aromatic rings. The standard InChI is InChI=1S/C19H16N2O3/c20-15-8-7-14(11-17(15)22)21-16-9-6-13(10-18(16)23)19(24)12-4-2-1-3-5-12/h1-11,21-23H,20H2. The van der Waals surface area contributed by atoms with E-state index >= 15 is 0 Å². The van der Waals surface area contributed by atoms with E-state index in [0.717, 1.165) is 0 Å². The van der Waals surface area contributed by atoms with Gasteiger partial charge in [-0.2, -0.15) is 0 Å². The number of nitrogens with two attached hydrogens (primary N) is 1. The first-order valence-electron chi connectivity index (χ1n) is 7.33. The molecule has 0 radical (unpaired) electrons. The highest BCUT2D eigenvalue weighted by Gasteiger charge is 2.11. The van der Waals surface area contributed by atoms with Crippen LogP contribution in [0.3, 0.4) is 0 Å². The molecule has 0 spiro atoms. The summed E-state index contributed by atoms with van der Waals surface area (Å²) in [5.41, 5.74) is 7.77. The van der Waals surface area contributed by atoms with Crippen molar-refractivity contribution in [1.29, 1.82) is 0 Å². The van der Waals surface area contributed by atoms with Gasteiger partial charge in [0.25, 0.3) is 0 Å². The Balaban J connectivity index is 1.84. The van der Waals surface area contributed by atoms with Crippen molar-refractivity contribution in [2.75, 3.05) is 11.1 Å². The van der Waals surface area contributed by atoms with Crippen LogP contribution in [-0.4, -0.2) is 16.0 Å². The molecule has 0 amide bonds. The maximum atomic E-state index is 12.4. The molecule has 0 unspecified atom stereocenters. The molecular formula is C19H16N2O3. The molecule has 0 fully saturated rings. The van der Waals surface area contributed by atoms with E-state index in [0.29, 0.717) is 22.5 Å². The van der Waals surface area contributed by atoms with Crippen LogP contribution in [-0.2, 0) is 0 Å². The van der Waals surface area contributed by atoms with Gasteiger partial charge in [0.1, 0.15) is 11.5 Å². The van der Waals surface area contributed by atoms with Gasteiger partial charge in [-0.15, -0.1) is 0 Å². The average molecular weight is 320 g/mol. The SMILES string of the molecule is Nc1ccc(Nc2ccc(C(=O)c3ccccc3)cc2O)cc1O. The number of rotatable bonds is 4. The molecule has 5 nitrogen and oxygen atoms in total. The van der Waals surface area contributed by atoms with Crippen molar-refractivity contribution in [2.24, 2.45) is 0 Å². The van der Waals surface area contributed by atoms with Gasteiger partial charge in [0.15, 0.2) is 5.78 Å². The summed E-state index contributed by atoms with van der Waals surface area (Å²) in [4.78, 5) is 12.4. The number of carbonyl (C=O) groups excluding carboxylic acids is 1. The van der Waals surface area contributed by atoms with Gasteiger partial charge in [0.2, 0.25) is 0 Å². The minimum atomic E-state index is -0.164. The van der Waals surface area contributed by atoms with Crippen molar-refractivity contribution >= 4 is 22.8 Å². The molecule has 5 N–H and O–H groups in total. The number of anilines is 3. The second kappa shape index (κ2) is 6.34. The Bertz CT molecular complexity index is 892.